The molecule has 2 heterocycles. The number of carbonyl (C=O) groups is 2. The Labute approximate surface area is 165 Å². The first-order valence-electron chi connectivity index (χ1n) is 9.53. The third kappa shape index (κ3) is 5.22. The van der Waals surface area contributed by atoms with Crippen LogP contribution in [0.4, 0.5) is 16.3 Å². The maximum Gasteiger partial charge on any atom is 0.409 e. The van der Waals surface area contributed by atoms with Crippen molar-refractivity contribution in [3.63, 3.8) is 0 Å². The molecule has 1 N–H and O–H groups in total. The Balaban J connectivity index is 1.51. The van der Waals surface area contributed by atoms with Gasteiger partial charge in [-0.15, -0.1) is 0 Å². The quantitative estimate of drug-likeness (QED) is 0.861. The van der Waals surface area contributed by atoms with Crippen LogP contribution in [0.25, 0.3) is 0 Å². The number of hydrogen-bond acceptors (Lipinski definition) is 5. The fraction of sp³-hybridized carbons (Fsp3) is 0.381. The summed E-state index contributed by atoms with van der Waals surface area (Å²) in [7, 11) is 0. The van der Waals surface area contributed by atoms with Gasteiger partial charge in [0.1, 0.15) is 5.82 Å². The number of benzene rings is 1. The zero-order valence-electron chi connectivity index (χ0n) is 16.4. The average molecular weight is 382 g/mol. The van der Waals surface area contributed by atoms with E-state index < -0.39 is 0 Å². The van der Waals surface area contributed by atoms with Crippen LogP contribution < -0.4 is 10.2 Å². The molecule has 0 aliphatic carbocycles. The predicted molar refractivity (Wildman–Crippen MR) is 109 cm³/mol. The normalized spacial score (nSPS) is 13.9. The van der Waals surface area contributed by atoms with E-state index in [2.05, 4.69) is 15.2 Å². The van der Waals surface area contributed by atoms with Crippen LogP contribution in [-0.4, -0.2) is 54.7 Å². The van der Waals surface area contributed by atoms with Crippen molar-refractivity contribution in [3.05, 3.63) is 53.7 Å². The summed E-state index contributed by atoms with van der Waals surface area (Å²) in [6.45, 7) is 6.88. The highest BCUT2D eigenvalue weighted by Gasteiger charge is 2.22. The van der Waals surface area contributed by atoms with Crippen molar-refractivity contribution >= 4 is 23.5 Å². The largest absolute Gasteiger partial charge is 0.450 e. The Morgan fingerprint density at radius 2 is 1.93 bits per heavy atom. The van der Waals surface area contributed by atoms with Crippen molar-refractivity contribution in [1.29, 1.82) is 0 Å². The molecule has 28 heavy (non-hydrogen) atoms. The lowest BCUT2D eigenvalue weighted by Crippen LogP contribution is -2.49. The summed E-state index contributed by atoms with van der Waals surface area (Å²) >= 11 is 0. The second-order valence-corrected chi connectivity index (χ2v) is 6.79. The van der Waals surface area contributed by atoms with E-state index in [0.29, 0.717) is 31.9 Å². The number of nitrogens with one attached hydrogen (secondary N) is 1. The van der Waals surface area contributed by atoms with Crippen LogP contribution in [0, 0.1) is 6.92 Å². The van der Waals surface area contributed by atoms with Gasteiger partial charge in [0, 0.05) is 26.2 Å². The lowest BCUT2D eigenvalue weighted by Gasteiger charge is -2.35. The number of rotatable bonds is 5. The molecule has 1 aliphatic heterocycles. The maximum absolute atomic E-state index is 12.2. The molecular weight excluding hydrogens is 356 g/mol. The summed E-state index contributed by atoms with van der Waals surface area (Å²) in [4.78, 5) is 32.2. The van der Waals surface area contributed by atoms with E-state index in [4.69, 9.17) is 4.74 Å². The van der Waals surface area contributed by atoms with Gasteiger partial charge in [-0.2, -0.15) is 0 Å². The van der Waals surface area contributed by atoms with E-state index >= 15 is 0 Å². The van der Waals surface area contributed by atoms with Crippen LogP contribution in [0.5, 0.6) is 0 Å². The molecule has 1 aliphatic rings. The minimum atomic E-state index is -0.257. The summed E-state index contributed by atoms with van der Waals surface area (Å²) in [6.07, 6.45) is 1.82. The molecule has 148 valence electrons. The van der Waals surface area contributed by atoms with Crippen LogP contribution in [-0.2, 0) is 16.0 Å². The van der Waals surface area contributed by atoms with Gasteiger partial charge in [0.25, 0.3) is 0 Å². The highest BCUT2D eigenvalue weighted by Crippen LogP contribution is 2.18. The lowest BCUT2D eigenvalue weighted by atomic mass is 10.1. The van der Waals surface area contributed by atoms with Crippen molar-refractivity contribution in [2.75, 3.05) is 43.0 Å². The van der Waals surface area contributed by atoms with Gasteiger partial charge >= 0.3 is 6.09 Å². The number of anilines is 2. The Morgan fingerprint density at radius 3 is 2.57 bits per heavy atom. The minimum Gasteiger partial charge on any atom is -0.450 e. The highest BCUT2D eigenvalue weighted by molar-refractivity contribution is 5.91. The number of amides is 2. The first-order valence-corrected chi connectivity index (χ1v) is 9.53. The molecule has 0 spiro atoms. The molecule has 7 heteroatoms. The van der Waals surface area contributed by atoms with Gasteiger partial charge < -0.3 is 19.9 Å². The van der Waals surface area contributed by atoms with Crippen LogP contribution >= 0.6 is 0 Å². The second kappa shape index (κ2) is 9.21. The second-order valence-electron chi connectivity index (χ2n) is 6.79. The van der Waals surface area contributed by atoms with Crippen LogP contribution in [0.15, 0.2) is 42.6 Å². The van der Waals surface area contributed by atoms with E-state index in [1.807, 2.05) is 37.3 Å². The molecule has 1 fully saturated rings. The highest BCUT2D eigenvalue weighted by atomic mass is 16.6. The molecule has 2 amide bonds. The van der Waals surface area contributed by atoms with E-state index in [-0.39, 0.29) is 12.0 Å². The van der Waals surface area contributed by atoms with E-state index in [9.17, 15) is 9.59 Å². The van der Waals surface area contributed by atoms with Crippen LogP contribution in [0.2, 0.25) is 0 Å². The summed E-state index contributed by atoms with van der Waals surface area (Å²) in [6, 6.07) is 11.7. The molecule has 1 saturated heterocycles. The smallest absolute Gasteiger partial charge is 0.409 e. The Bertz CT molecular complexity index is 815. The molecule has 0 radical (unpaired) electrons. The van der Waals surface area contributed by atoms with Gasteiger partial charge in [0.2, 0.25) is 5.91 Å². The number of nitrogens with zero attached hydrogens (tertiary/aromatic N) is 3. The summed E-state index contributed by atoms with van der Waals surface area (Å²) in [5, 5.41) is 2.84. The van der Waals surface area contributed by atoms with Crippen LogP contribution in [0.1, 0.15) is 18.1 Å². The standard InChI is InChI=1S/C21H26N4O3/c1-3-28-21(27)25-11-9-24(10-12-25)18-7-8-19(22-15-18)23-20(26)14-17-6-4-5-16(2)13-17/h4-8,13,15H,3,9-12,14H2,1-2H3,(H,22,23,26). The maximum atomic E-state index is 12.2. The van der Waals surface area contributed by atoms with Gasteiger partial charge in [-0.3, -0.25) is 4.79 Å². The van der Waals surface area contributed by atoms with Gasteiger partial charge in [0.05, 0.1) is 24.9 Å². The summed E-state index contributed by atoms with van der Waals surface area (Å²) in [5.74, 6) is 0.445. The number of aryl methyl sites for hydroxylation is 1. The third-order valence-electron chi connectivity index (χ3n) is 4.63. The van der Waals surface area contributed by atoms with Gasteiger partial charge in [0.15, 0.2) is 0 Å². The zero-order chi connectivity index (χ0) is 19.9. The van der Waals surface area contributed by atoms with Crippen molar-refractivity contribution in [2.24, 2.45) is 0 Å². The molecule has 0 bridgehead atoms. The number of pyridine rings is 1. The molecule has 0 unspecified atom stereocenters. The number of ether oxygens (including phenoxy) is 1. The zero-order valence-corrected chi connectivity index (χ0v) is 16.4. The molecule has 1 aromatic carbocycles. The van der Waals surface area contributed by atoms with E-state index in [1.54, 1.807) is 24.1 Å². The Kier molecular flexibility index (Phi) is 6.47. The molecule has 0 atom stereocenters. The molecule has 2 aromatic rings. The molecule has 1 aromatic heterocycles. The van der Waals surface area contributed by atoms with Crippen molar-refractivity contribution in [1.82, 2.24) is 9.88 Å². The Morgan fingerprint density at radius 1 is 1.14 bits per heavy atom. The first kappa shape index (κ1) is 19.7. The summed E-state index contributed by atoms with van der Waals surface area (Å²) in [5.41, 5.74) is 3.09. The monoisotopic (exact) mass is 382 g/mol. The van der Waals surface area contributed by atoms with Gasteiger partial charge in [-0.25, -0.2) is 9.78 Å². The van der Waals surface area contributed by atoms with Crippen LogP contribution in [0.3, 0.4) is 0 Å². The van der Waals surface area contributed by atoms with Crippen molar-refractivity contribution in [2.45, 2.75) is 20.3 Å². The SMILES string of the molecule is CCOC(=O)N1CCN(c2ccc(NC(=O)Cc3cccc(C)c3)nc2)CC1. The van der Waals surface area contributed by atoms with Crippen molar-refractivity contribution < 1.29 is 14.3 Å². The number of hydrogen-bond donors (Lipinski definition) is 1. The first-order chi connectivity index (χ1) is 13.5. The summed E-state index contributed by atoms with van der Waals surface area (Å²) < 4.78 is 5.04. The van der Waals surface area contributed by atoms with Gasteiger partial charge in [-0.05, 0) is 31.5 Å². The average Bonchev–Trinajstić information content (AvgIpc) is 2.69. The fourth-order valence-corrected chi connectivity index (χ4v) is 3.20. The number of aromatic nitrogens is 1. The molecule has 0 saturated carbocycles. The fourth-order valence-electron chi connectivity index (χ4n) is 3.20. The molecule has 3 rings (SSSR count). The number of piperazine rings is 1. The predicted octanol–water partition coefficient (Wildman–Crippen LogP) is 2.85. The number of carbonyl (C=O) groups excluding carboxylic acids is 2. The molecular formula is C21H26N4O3. The third-order valence-corrected chi connectivity index (χ3v) is 4.63. The lowest BCUT2D eigenvalue weighted by molar-refractivity contribution is -0.115. The van der Waals surface area contributed by atoms with Gasteiger partial charge in [-0.1, -0.05) is 29.8 Å². The Hall–Kier alpha value is -3.09. The van der Waals surface area contributed by atoms with E-state index in [1.165, 1.54) is 0 Å². The van der Waals surface area contributed by atoms with E-state index in [0.717, 1.165) is 29.9 Å². The minimum absolute atomic E-state index is 0.0890. The topological polar surface area (TPSA) is 74.8 Å². The van der Waals surface area contributed by atoms with Crippen molar-refractivity contribution in [3.8, 4) is 0 Å². The molecule has 7 nitrogen and oxygen atoms in total.